The van der Waals surface area contributed by atoms with Crippen LogP contribution >= 0.6 is 0 Å². The van der Waals surface area contributed by atoms with Gasteiger partial charge >= 0.3 is 12.4 Å². The standard InChI is InChI=1S/C27H31F6NO4/c1-4-7-24(22(36)23(37)25(38-3)8-5-6-9-25)13-20(24)21-11-16-10-17(26(28,29)30)12-19(27(31,32)33)18(16)14-34(21)15(2)35/h10,12,20-21H,4-9,11,13-14H2,1-3H3/t20?,21-,24?/m0/s1. The van der Waals surface area contributed by atoms with Crippen molar-refractivity contribution in [3.8, 4) is 0 Å². The van der Waals surface area contributed by atoms with Crippen LogP contribution in [0.4, 0.5) is 26.3 Å². The number of hydrogen-bond acceptors (Lipinski definition) is 4. The lowest BCUT2D eigenvalue weighted by molar-refractivity contribution is -0.154. The van der Waals surface area contributed by atoms with Gasteiger partial charge in [-0.1, -0.05) is 13.3 Å². The average Bonchev–Trinajstić information content (AvgIpc) is 3.35. The molecule has 0 N–H and O–H groups in total. The molecule has 38 heavy (non-hydrogen) atoms. The van der Waals surface area contributed by atoms with Crippen molar-refractivity contribution in [2.45, 2.75) is 95.8 Å². The molecule has 5 nitrogen and oxygen atoms in total. The number of fused-ring (bicyclic) bond motifs is 1. The molecule has 3 atom stereocenters. The van der Waals surface area contributed by atoms with E-state index in [0.29, 0.717) is 31.7 Å². The Labute approximate surface area is 216 Å². The van der Waals surface area contributed by atoms with Crippen molar-refractivity contribution in [3.05, 3.63) is 34.4 Å². The summed E-state index contributed by atoms with van der Waals surface area (Å²) in [5.74, 6) is -2.34. The molecule has 1 aromatic rings. The number of hydrogen-bond donors (Lipinski definition) is 0. The largest absolute Gasteiger partial charge is 0.416 e. The number of ketones is 2. The first-order valence-corrected chi connectivity index (χ1v) is 12.8. The Bertz CT molecular complexity index is 1140. The molecule has 3 aliphatic rings. The summed E-state index contributed by atoms with van der Waals surface area (Å²) in [4.78, 5) is 40.9. The maximum atomic E-state index is 13.8. The average molecular weight is 548 g/mol. The van der Waals surface area contributed by atoms with Crippen LogP contribution in [0, 0.1) is 11.3 Å². The number of benzene rings is 1. The second-order valence-corrected chi connectivity index (χ2v) is 10.9. The third-order valence-electron chi connectivity index (χ3n) is 8.71. The van der Waals surface area contributed by atoms with Gasteiger partial charge in [0.15, 0.2) is 0 Å². The lowest BCUT2D eigenvalue weighted by atomic mass is 9.79. The number of rotatable bonds is 7. The smallest absolute Gasteiger partial charge is 0.370 e. The van der Waals surface area contributed by atoms with Crippen molar-refractivity contribution in [3.63, 3.8) is 0 Å². The first-order valence-electron chi connectivity index (χ1n) is 12.8. The molecule has 1 aliphatic heterocycles. The van der Waals surface area contributed by atoms with Gasteiger partial charge in [-0.25, -0.2) is 0 Å². The van der Waals surface area contributed by atoms with Crippen LogP contribution in [-0.2, 0) is 44.4 Å². The van der Waals surface area contributed by atoms with Gasteiger partial charge in [-0.3, -0.25) is 14.4 Å². The Morgan fingerprint density at radius 2 is 1.66 bits per heavy atom. The molecule has 1 amide bonds. The van der Waals surface area contributed by atoms with Crippen molar-refractivity contribution >= 4 is 17.5 Å². The fourth-order valence-electron chi connectivity index (χ4n) is 6.69. The molecule has 2 saturated carbocycles. The quantitative estimate of drug-likeness (QED) is 0.315. The summed E-state index contributed by atoms with van der Waals surface area (Å²) in [7, 11) is 1.39. The molecule has 11 heteroatoms. The number of alkyl halides is 6. The topological polar surface area (TPSA) is 63.7 Å². The van der Waals surface area contributed by atoms with Crippen LogP contribution in [0.25, 0.3) is 0 Å². The van der Waals surface area contributed by atoms with Gasteiger partial charge in [0.2, 0.25) is 17.5 Å². The summed E-state index contributed by atoms with van der Waals surface area (Å²) in [6.45, 7) is 2.50. The Hall–Kier alpha value is -2.43. The minimum absolute atomic E-state index is 0.0873. The van der Waals surface area contributed by atoms with E-state index in [1.54, 1.807) is 0 Å². The van der Waals surface area contributed by atoms with Gasteiger partial charge in [-0.05, 0) is 74.1 Å². The molecule has 0 bridgehead atoms. The first-order chi connectivity index (χ1) is 17.6. The summed E-state index contributed by atoms with van der Waals surface area (Å²) in [5, 5.41) is 0. The maximum absolute atomic E-state index is 13.8. The van der Waals surface area contributed by atoms with E-state index in [0.717, 1.165) is 12.8 Å². The summed E-state index contributed by atoms with van der Waals surface area (Å²) < 4.78 is 87.5. The Balaban J connectivity index is 1.74. The van der Waals surface area contributed by atoms with Crippen molar-refractivity contribution in [1.82, 2.24) is 4.90 Å². The van der Waals surface area contributed by atoms with Gasteiger partial charge in [0.05, 0.1) is 11.1 Å². The van der Waals surface area contributed by atoms with Crippen LogP contribution in [-0.4, -0.2) is 41.1 Å². The normalized spacial score (nSPS) is 26.7. The zero-order valence-corrected chi connectivity index (χ0v) is 21.5. The van der Waals surface area contributed by atoms with Gasteiger partial charge in [0.1, 0.15) is 5.60 Å². The molecule has 4 rings (SSSR count). The Kier molecular flexibility index (Phi) is 7.25. The molecule has 2 unspecified atom stereocenters. The predicted octanol–water partition coefficient (Wildman–Crippen LogP) is 5.90. The van der Waals surface area contributed by atoms with E-state index in [4.69, 9.17) is 4.74 Å². The number of Topliss-reactive ketones (excluding diaryl/α,β-unsaturated/α-hetero) is 2. The van der Waals surface area contributed by atoms with Crippen molar-refractivity contribution in [2.75, 3.05) is 7.11 Å². The van der Waals surface area contributed by atoms with Crippen LogP contribution in [0.3, 0.4) is 0 Å². The molecule has 1 aromatic carbocycles. The second kappa shape index (κ2) is 9.64. The SMILES string of the molecule is CCCC1(C(=O)C(=O)C2(OC)CCCC2)CC1[C@@H]1Cc2cc(C(F)(F)F)cc(C(F)(F)F)c2CN1C(C)=O. The highest BCUT2D eigenvalue weighted by atomic mass is 19.4. The van der Waals surface area contributed by atoms with E-state index in [-0.39, 0.29) is 30.0 Å². The van der Waals surface area contributed by atoms with Crippen LogP contribution in [0.5, 0.6) is 0 Å². The van der Waals surface area contributed by atoms with Crippen molar-refractivity contribution in [1.29, 1.82) is 0 Å². The molecule has 1 heterocycles. The fraction of sp³-hybridized carbons (Fsp3) is 0.667. The number of methoxy groups -OCH3 is 1. The lowest BCUT2D eigenvalue weighted by Crippen LogP contribution is -2.49. The number of nitrogens with zero attached hydrogens (tertiary/aromatic N) is 1. The Morgan fingerprint density at radius 3 is 2.16 bits per heavy atom. The van der Waals surface area contributed by atoms with Gasteiger partial charge in [-0.15, -0.1) is 0 Å². The third kappa shape index (κ3) is 4.75. The van der Waals surface area contributed by atoms with Gasteiger partial charge < -0.3 is 9.64 Å². The first kappa shape index (κ1) is 28.6. The van der Waals surface area contributed by atoms with Crippen LogP contribution < -0.4 is 0 Å². The fourth-order valence-corrected chi connectivity index (χ4v) is 6.69. The molecule has 0 radical (unpaired) electrons. The molecular weight excluding hydrogens is 516 g/mol. The highest BCUT2D eigenvalue weighted by Gasteiger charge is 2.66. The summed E-state index contributed by atoms with van der Waals surface area (Å²) in [6.07, 6.45) is -6.92. The minimum atomic E-state index is -5.05. The molecule has 0 saturated heterocycles. The van der Waals surface area contributed by atoms with E-state index in [1.807, 2.05) is 6.92 Å². The second-order valence-electron chi connectivity index (χ2n) is 10.9. The molecular formula is C27H31F6NO4. The van der Waals surface area contributed by atoms with Crippen molar-refractivity contribution < 1.29 is 45.5 Å². The molecule has 2 aliphatic carbocycles. The Morgan fingerprint density at radius 1 is 1.03 bits per heavy atom. The van der Waals surface area contributed by atoms with Crippen LogP contribution in [0.15, 0.2) is 12.1 Å². The van der Waals surface area contributed by atoms with Crippen LogP contribution in [0.1, 0.15) is 81.0 Å². The zero-order chi connectivity index (χ0) is 28.3. The predicted molar refractivity (Wildman–Crippen MR) is 124 cm³/mol. The summed E-state index contributed by atoms with van der Waals surface area (Å²) in [5.41, 5.74) is -5.67. The van der Waals surface area contributed by atoms with E-state index in [9.17, 15) is 40.7 Å². The molecule has 0 aromatic heterocycles. The van der Waals surface area contributed by atoms with Gasteiger partial charge in [0.25, 0.3) is 0 Å². The number of halogens is 6. The number of carbonyl (C=O) groups is 3. The van der Waals surface area contributed by atoms with E-state index in [2.05, 4.69) is 0 Å². The molecule has 0 spiro atoms. The minimum Gasteiger partial charge on any atom is -0.370 e. The number of ether oxygens (including phenoxy) is 1. The van der Waals surface area contributed by atoms with E-state index >= 15 is 0 Å². The van der Waals surface area contributed by atoms with E-state index < -0.39 is 70.5 Å². The van der Waals surface area contributed by atoms with Crippen molar-refractivity contribution in [2.24, 2.45) is 11.3 Å². The summed E-state index contributed by atoms with van der Waals surface area (Å²) >= 11 is 0. The van der Waals surface area contributed by atoms with Gasteiger partial charge in [-0.2, -0.15) is 26.3 Å². The zero-order valence-electron chi connectivity index (χ0n) is 21.5. The third-order valence-corrected chi connectivity index (χ3v) is 8.71. The van der Waals surface area contributed by atoms with E-state index in [1.165, 1.54) is 18.9 Å². The number of carbonyl (C=O) groups excluding carboxylic acids is 3. The monoisotopic (exact) mass is 547 g/mol. The summed E-state index contributed by atoms with van der Waals surface area (Å²) in [6, 6.07) is -0.0103. The highest BCUT2D eigenvalue weighted by Crippen LogP contribution is 2.61. The maximum Gasteiger partial charge on any atom is 0.416 e. The molecule has 210 valence electrons. The van der Waals surface area contributed by atoms with Crippen LogP contribution in [0.2, 0.25) is 0 Å². The highest BCUT2D eigenvalue weighted by molar-refractivity contribution is 6.43. The number of amides is 1. The van der Waals surface area contributed by atoms with Gasteiger partial charge in [0, 0.05) is 32.0 Å². The molecule has 2 fully saturated rings. The lowest BCUT2D eigenvalue weighted by Gasteiger charge is -2.39.